The summed E-state index contributed by atoms with van der Waals surface area (Å²) >= 11 is 0. The molecule has 2 atom stereocenters. The summed E-state index contributed by atoms with van der Waals surface area (Å²) in [6.07, 6.45) is 1.94. The van der Waals surface area contributed by atoms with E-state index >= 15 is 0 Å². The maximum absolute atomic E-state index is 12.3. The molecule has 0 heterocycles. The summed E-state index contributed by atoms with van der Waals surface area (Å²) in [6.45, 7) is 0.405. The summed E-state index contributed by atoms with van der Waals surface area (Å²) in [5.74, 6) is -0.525. The Morgan fingerprint density at radius 3 is 1.14 bits per heavy atom. The molecule has 49 heavy (non-hydrogen) atoms. The molecule has 0 radical (unpaired) electrons. The van der Waals surface area contributed by atoms with Crippen LogP contribution in [0.5, 0.6) is 0 Å². The van der Waals surface area contributed by atoms with Gasteiger partial charge < -0.3 is 34.1 Å². The van der Waals surface area contributed by atoms with Crippen LogP contribution in [0.1, 0.15) is 19.3 Å². The summed E-state index contributed by atoms with van der Waals surface area (Å²) in [5.41, 5.74) is 0. The number of nitrogens with one attached hydrogen (secondary N) is 1. The van der Waals surface area contributed by atoms with Gasteiger partial charge in [-0.2, -0.15) is 0 Å². The summed E-state index contributed by atoms with van der Waals surface area (Å²) in [4.78, 5) is 20.1. The first kappa shape index (κ1) is 49.2. The van der Waals surface area contributed by atoms with Gasteiger partial charge in [-0.25, -0.2) is 18.3 Å². The highest BCUT2D eigenvalue weighted by Gasteiger charge is 2.27. The Kier molecular flexibility index (Phi) is 29.8. The number of unbranched alkanes of at least 4 members (excludes halogenated alkanes) is 1. The van der Waals surface area contributed by atoms with Crippen LogP contribution in [0.3, 0.4) is 0 Å². The van der Waals surface area contributed by atoms with Crippen molar-refractivity contribution in [2.24, 2.45) is 5.92 Å². The van der Waals surface area contributed by atoms with Crippen molar-refractivity contribution in [3.63, 3.8) is 0 Å². The van der Waals surface area contributed by atoms with Gasteiger partial charge in [-0.3, -0.25) is 45.2 Å². The predicted octanol–water partition coefficient (Wildman–Crippen LogP) is 3.16. The van der Waals surface area contributed by atoms with E-state index in [-0.39, 0.29) is 92.5 Å². The van der Waals surface area contributed by atoms with E-state index in [4.69, 9.17) is 46.1 Å². The van der Waals surface area contributed by atoms with Crippen LogP contribution in [0, 0.1) is 5.92 Å². The van der Waals surface area contributed by atoms with E-state index in [2.05, 4.69) is 23.4 Å². The molecule has 296 valence electrons. The lowest BCUT2D eigenvalue weighted by atomic mass is 10.0. The summed E-state index contributed by atoms with van der Waals surface area (Å²) in [6, 6.07) is 0. The monoisotopic (exact) mass is 801 g/mol. The molecule has 0 bridgehead atoms. The first-order valence-corrected chi connectivity index (χ1v) is 21.1. The van der Waals surface area contributed by atoms with Crippen LogP contribution in [-0.2, 0) is 82.4 Å². The topological polar surface area (TPSA) is 250 Å². The average molecular weight is 802 g/mol. The normalized spacial score (nSPS) is 15.7. The predicted molar refractivity (Wildman–Crippen MR) is 173 cm³/mol. The highest BCUT2D eigenvalue weighted by atomic mass is 31.2. The lowest BCUT2D eigenvalue weighted by Gasteiger charge is -2.20. The van der Waals surface area contributed by atoms with E-state index in [0.717, 1.165) is 13.0 Å². The largest absolute Gasteiger partial charge is 0.474 e. The summed E-state index contributed by atoms with van der Waals surface area (Å²) in [5, 5.41) is 3.01. The van der Waals surface area contributed by atoms with Gasteiger partial charge in [0.2, 0.25) is 0 Å². The van der Waals surface area contributed by atoms with Crippen LogP contribution < -0.4 is 5.32 Å². The Morgan fingerprint density at radius 1 is 0.490 bits per heavy atom. The molecule has 0 aliphatic heterocycles. The van der Waals surface area contributed by atoms with Crippen molar-refractivity contribution in [3.8, 4) is 0 Å². The molecule has 0 rings (SSSR count). The zero-order chi connectivity index (χ0) is 36.9. The van der Waals surface area contributed by atoms with Gasteiger partial charge in [0.15, 0.2) is 0 Å². The van der Waals surface area contributed by atoms with E-state index in [1.165, 1.54) is 28.4 Å². The zero-order valence-corrected chi connectivity index (χ0v) is 32.4. The highest BCUT2D eigenvalue weighted by Crippen LogP contribution is 2.48. The van der Waals surface area contributed by atoms with Crippen LogP contribution in [0.15, 0.2) is 0 Å². The number of phosphoric ester groups is 4. The van der Waals surface area contributed by atoms with E-state index in [0.29, 0.717) is 12.8 Å². The van der Waals surface area contributed by atoms with Crippen LogP contribution >= 0.6 is 31.3 Å². The Labute approximate surface area is 288 Å². The fourth-order valence-electron chi connectivity index (χ4n) is 3.27. The fraction of sp³-hybridized carbons (Fsp3) is 1.00. The van der Waals surface area contributed by atoms with Crippen molar-refractivity contribution in [2.45, 2.75) is 19.3 Å². The summed E-state index contributed by atoms with van der Waals surface area (Å²) in [7, 11) is -9.47. The van der Waals surface area contributed by atoms with Gasteiger partial charge >= 0.3 is 31.3 Å². The quantitative estimate of drug-likeness (QED) is 0.0603. The number of rotatable bonds is 37. The minimum absolute atomic E-state index is 0.0266. The SMILES string of the molecule is CNCCCCC(COP(=O)(O)OCCOCCOCCOP(=O)(OC)OC)COP(=O)(O)OCCOCCOCCOP(=O)(OC)OC. The molecule has 0 aromatic carbocycles. The van der Waals surface area contributed by atoms with Crippen molar-refractivity contribution in [1.29, 1.82) is 0 Å². The minimum Gasteiger partial charge on any atom is -0.377 e. The second-order valence-electron chi connectivity index (χ2n) is 9.40. The molecule has 2 unspecified atom stereocenters. The van der Waals surface area contributed by atoms with E-state index in [1.54, 1.807) is 7.05 Å². The van der Waals surface area contributed by atoms with Crippen LogP contribution in [0.25, 0.3) is 0 Å². The van der Waals surface area contributed by atoms with Gasteiger partial charge in [0, 0.05) is 34.4 Å². The Hall–Kier alpha value is 0.240. The van der Waals surface area contributed by atoms with Crippen LogP contribution in [0.2, 0.25) is 0 Å². The number of hydrogen-bond donors (Lipinski definition) is 3. The van der Waals surface area contributed by atoms with Gasteiger partial charge in [-0.05, 0) is 26.4 Å². The Bertz CT molecular complexity index is 910. The fourth-order valence-corrected chi connectivity index (χ4v) is 6.14. The van der Waals surface area contributed by atoms with E-state index < -0.39 is 37.2 Å². The van der Waals surface area contributed by atoms with Crippen molar-refractivity contribution in [3.05, 3.63) is 0 Å². The number of ether oxygens (including phenoxy) is 4. The molecule has 0 spiro atoms. The molecular formula is C24H55NO20P4. The van der Waals surface area contributed by atoms with Gasteiger partial charge in [0.25, 0.3) is 0 Å². The average Bonchev–Trinajstić information content (AvgIpc) is 3.08. The zero-order valence-electron chi connectivity index (χ0n) is 28.8. The summed E-state index contributed by atoms with van der Waals surface area (Å²) < 4.78 is 118. The lowest BCUT2D eigenvalue weighted by Crippen LogP contribution is -2.18. The lowest BCUT2D eigenvalue weighted by molar-refractivity contribution is 0.0153. The molecule has 0 saturated carbocycles. The molecule has 0 aliphatic rings. The van der Waals surface area contributed by atoms with E-state index in [9.17, 15) is 28.0 Å². The van der Waals surface area contributed by atoms with Crippen molar-refractivity contribution < 1.29 is 92.2 Å². The molecule has 0 amide bonds. The Balaban J connectivity index is 4.28. The van der Waals surface area contributed by atoms with E-state index in [1.807, 2.05) is 0 Å². The number of phosphoric acid groups is 4. The molecule has 0 aromatic heterocycles. The van der Waals surface area contributed by atoms with Gasteiger partial charge in [-0.1, -0.05) is 6.42 Å². The smallest absolute Gasteiger partial charge is 0.377 e. The maximum atomic E-state index is 12.3. The van der Waals surface area contributed by atoms with Crippen LogP contribution in [-0.4, -0.2) is 144 Å². The standard InChI is InChI=1S/C24H55NO20P4/c1-25-9-7-6-8-24(22-44-46(26,27)40-18-14-36-10-12-38-16-20-42-48(30,32-2)33-3)23-45-47(28,29)41-19-15-37-11-13-39-17-21-43-49(31,34-4)35-5/h24-25H,6-23H2,1-5H3,(H,26,27)(H,28,29). The first-order chi connectivity index (χ1) is 23.3. The molecule has 3 N–H and O–H groups in total. The maximum Gasteiger partial charge on any atom is 0.474 e. The van der Waals surface area contributed by atoms with Crippen LogP contribution in [0.4, 0.5) is 0 Å². The Morgan fingerprint density at radius 2 is 0.816 bits per heavy atom. The van der Waals surface area contributed by atoms with Crippen molar-refractivity contribution in [2.75, 3.05) is 135 Å². The second-order valence-corrected chi connectivity index (χ2v) is 16.1. The first-order valence-electron chi connectivity index (χ1n) is 15.2. The third-order valence-electron chi connectivity index (χ3n) is 5.79. The molecule has 21 nitrogen and oxygen atoms in total. The second kappa shape index (κ2) is 29.7. The highest BCUT2D eigenvalue weighted by molar-refractivity contribution is 7.48. The molecule has 25 heteroatoms. The van der Waals surface area contributed by atoms with Gasteiger partial charge in [0.1, 0.15) is 0 Å². The molecule has 0 aromatic rings. The third-order valence-corrected chi connectivity index (χ3v) is 10.5. The number of hydrogen-bond acceptors (Lipinski definition) is 19. The van der Waals surface area contributed by atoms with Crippen molar-refractivity contribution >= 4 is 31.3 Å². The molecular weight excluding hydrogens is 746 g/mol. The third kappa shape index (κ3) is 28.4. The van der Waals surface area contributed by atoms with Gasteiger partial charge in [0.05, 0.1) is 92.5 Å². The van der Waals surface area contributed by atoms with Crippen molar-refractivity contribution in [1.82, 2.24) is 5.32 Å². The molecule has 0 aliphatic carbocycles. The molecule has 0 saturated heterocycles. The minimum atomic E-state index is -4.46. The van der Waals surface area contributed by atoms with Gasteiger partial charge in [-0.15, -0.1) is 0 Å². The molecule has 0 fully saturated rings.